The van der Waals surface area contributed by atoms with Gasteiger partial charge in [0, 0.05) is 99.2 Å². The summed E-state index contributed by atoms with van der Waals surface area (Å²) in [5.74, 6) is 1.23. The molecule has 0 saturated heterocycles. The number of fused-ring (bicyclic) bond motifs is 4. The molecule has 34 nitrogen and oxygen atoms in total. The van der Waals surface area contributed by atoms with Crippen molar-refractivity contribution in [3.05, 3.63) is 320 Å². The second kappa shape index (κ2) is 53.9. The predicted octanol–water partition coefficient (Wildman–Crippen LogP) is 19.2. The van der Waals surface area contributed by atoms with E-state index in [0.717, 1.165) is 120 Å². The zero-order valence-electron chi connectivity index (χ0n) is 81.4. The number of nitrogens with zero attached hydrogens (tertiary/aromatic N) is 12. The first-order chi connectivity index (χ1) is 67.5. The molecular weight excluding hydrogens is 2090 g/mol. The van der Waals surface area contributed by atoms with Crippen LogP contribution in [0.15, 0.2) is 219 Å². The van der Waals surface area contributed by atoms with Crippen molar-refractivity contribution in [2.45, 2.75) is 90.5 Å². The fourth-order valence-corrected chi connectivity index (χ4v) is 16.0. The van der Waals surface area contributed by atoms with E-state index in [2.05, 4.69) is 139 Å². The Labute approximate surface area is 861 Å². The van der Waals surface area contributed by atoms with Crippen LogP contribution in [0, 0.1) is 81.6 Å². The summed E-state index contributed by atoms with van der Waals surface area (Å²) < 4.78 is 37.7. The monoisotopic (exact) mass is 2190 g/mol. The normalized spacial score (nSPS) is 10.2. The summed E-state index contributed by atoms with van der Waals surface area (Å²) in [7, 11) is 10.00. The van der Waals surface area contributed by atoms with Crippen LogP contribution in [0.1, 0.15) is 149 Å². The number of benzene rings is 11. The van der Waals surface area contributed by atoms with Crippen LogP contribution < -0.4 is 38.5 Å². The summed E-state index contributed by atoms with van der Waals surface area (Å²) in [6.45, 7) is 22.0. The molecule has 0 aliphatic heterocycles. The first kappa shape index (κ1) is 115. The van der Waals surface area contributed by atoms with Gasteiger partial charge < -0.3 is 66.1 Å². The highest BCUT2D eigenvalue weighted by atomic mass is 79.9. The molecule has 5 aromatic heterocycles. The highest BCUT2D eigenvalue weighted by molar-refractivity contribution is 9.11. The van der Waals surface area contributed by atoms with Crippen LogP contribution >= 0.6 is 63.7 Å². The smallest absolute Gasteiger partial charge is 0.488 e. The third-order valence-electron chi connectivity index (χ3n) is 21.2. The van der Waals surface area contributed by atoms with Gasteiger partial charge in [-0.1, -0.05) is 134 Å². The summed E-state index contributed by atoms with van der Waals surface area (Å²) in [4.78, 5) is 118. The van der Waals surface area contributed by atoms with E-state index in [4.69, 9.17) is 57.3 Å². The summed E-state index contributed by atoms with van der Waals surface area (Å²) in [5.41, 5.74) is 42.5. The Kier molecular flexibility index (Phi) is 43.2. The van der Waals surface area contributed by atoms with Gasteiger partial charge in [-0.3, -0.25) is 15.5 Å². The van der Waals surface area contributed by atoms with Crippen LogP contribution in [0.25, 0.3) is 77.0 Å². The number of esters is 6. The molecule has 143 heavy (non-hydrogen) atoms. The van der Waals surface area contributed by atoms with E-state index in [0.29, 0.717) is 104 Å². The third kappa shape index (κ3) is 29.7. The molecule has 0 fully saturated rings. The van der Waals surface area contributed by atoms with Crippen LogP contribution in [0.3, 0.4) is 0 Å². The number of hydrogen-bond acceptors (Lipinski definition) is 31. The van der Waals surface area contributed by atoms with Crippen molar-refractivity contribution < 1.29 is 76.8 Å². The Balaban J connectivity index is 0.000000224. The molecule has 0 unspecified atom stereocenters. The van der Waals surface area contributed by atoms with Gasteiger partial charge in [0.25, 0.3) is 5.91 Å². The average Bonchev–Trinajstić information content (AvgIpc) is 1.56. The molecular formula is C104H109BBr4N18O16. The van der Waals surface area contributed by atoms with E-state index in [1.807, 2.05) is 159 Å². The molecule has 1 amide bonds. The van der Waals surface area contributed by atoms with Crippen molar-refractivity contribution in [1.29, 1.82) is 5.41 Å². The van der Waals surface area contributed by atoms with Crippen molar-refractivity contribution >= 4 is 190 Å². The van der Waals surface area contributed by atoms with Crippen LogP contribution in [0.5, 0.6) is 5.75 Å². The Morgan fingerprint density at radius 2 is 0.706 bits per heavy atom. The molecule has 0 aliphatic carbocycles. The molecule has 5 heterocycles. The van der Waals surface area contributed by atoms with Gasteiger partial charge in [0.1, 0.15) is 29.0 Å². The number of aromatic nitrogens is 12. The van der Waals surface area contributed by atoms with Crippen molar-refractivity contribution in [1.82, 2.24) is 60.1 Å². The Bertz CT molecular complexity index is 7170. The van der Waals surface area contributed by atoms with Crippen LogP contribution in [-0.2, 0) is 35.5 Å². The lowest BCUT2D eigenvalue weighted by Crippen LogP contribution is -2.29. The van der Waals surface area contributed by atoms with Gasteiger partial charge >= 0.3 is 42.9 Å². The van der Waals surface area contributed by atoms with E-state index < -0.39 is 13.1 Å². The number of rotatable bonds is 13. The zero-order chi connectivity index (χ0) is 105. The number of anilines is 4. The average molecular weight is 2200 g/mol. The number of nitrogens with two attached hydrogens (primary N) is 4. The van der Waals surface area contributed by atoms with Gasteiger partial charge in [0.2, 0.25) is 5.95 Å². The molecule has 0 spiro atoms. The summed E-state index contributed by atoms with van der Waals surface area (Å²) in [5, 5.41) is 40.5. The van der Waals surface area contributed by atoms with Crippen molar-refractivity contribution in [2.75, 3.05) is 72.3 Å². The molecule has 0 atom stereocenters. The van der Waals surface area contributed by atoms with Gasteiger partial charge in [-0.2, -0.15) is 0 Å². The van der Waals surface area contributed by atoms with Crippen molar-refractivity contribution in [3.8, 4) is 39.1 Å². The van der Waals surface area contributed by atoms with Crippen molar-refractivity contribution in [2.24, 2.45) is 12.8 Å². The quantitative estimate of drug-likeness (QED) is 0.0133. The maximum absolute atomic E-state index is 12.9. The second-order valence-corrected chi connectivity index (χ2v) is 34.2. The molecule has 0 saturated carbocycles. The third-order valence-corrected chi connectivity index (χ3v) is 24.9. The Morgan fingerprint density at radius 3 is 1.04 bits per heavy atom. The minimum absolute atomic E-state index is 0. The van der Waals surface area contributed by atoms with Crippen LogP contribution in [0.2, 0.25) is 0 Å². The van der Waals surface area contributed by atoms with E-state index in [1.54, 1.807) is 125 Å². The molecule has 742 valence electrons. The lowest BCUT2D eigenvalue weighted by molar-refractivity contribution is 0.0590. The topological polar surface area (TPSA) is 511 Å². The van der Waals surface area contributed by atoms with E-state index in [-0.39, 0.29) is 55.0 Å². The summed E-state index contributed by atoms with van der Waals surface area (Å²) in [6, 6.07) is 53.9. The number of methoxy groups -OCH3 is 7. The standard InChI is InChI=1S/C19H17N7O.2C18H16N2O2.C12H11BrN2O2.C10H12BrNO3.C9H9Br2NO2.C9H11NO2.C6H7BO2.C2H6N2.CH4/c1-11-15(18(27)22-19-23-24-25-26(19)3)9-14-10-20-12(2)21-17(14)16(11)13-7-5-4-6-8-13;2*1-11-15(18(21)22-3)9-14-10-19-12(2)20-17(14)16(11)13-7-5-4-6-8-13;1-6-9(12(16)17-3)4-8-5-14-7(2)15-11(8)10(6)13;1-5-6(10(13)15-3)4-7(14-2)9(12)8(5)11;1-4-5(9(13)14-2)3-6(10)8(12)7(4)11;1-6-5-7(10)3-4-8(6)9(11)12-2;8-7(9)6-4-2-1-3-5-6;1-2(3)4;/h4-10H,1-3H3,(H,22,23,25,27);2*4-10H,1-3H3;4-5H,1-3H3;4H,12H2,1-3H3;3H,12H2,1-2H3;3-5H,10H2,1-2H3;1-5,8-9H;1H3,(H3,3,4);1H4. The number of carbonyl (C=O) groups is 7. The lowest BCUT2D eigenvalue weighted by Gasteiger charge is -2.15. The van der Waals surface area contributed by atoms with E-state index in [1.165, 1.54) is 61.4 Å². The van der Waals surface area contributed by atoms with E-state index >= 15 is 0 Å². The maximum atomic E-state index is 12.9. The molecule has 16 rings (SSSR count). The zero-order valence-corrected chi connectivity index (χ0v) is 87.8. The number of nitrogen functional groups attached to an aromatic ring is 3. The maximum Gasteiger partial charge on any atom is 0.488 e. The number of ether oxygens (including phenoxy) is 7. The predicted molar refractivity (Wildman–Crippen MR) is 572 cm³/mol. The Hall–Kier alpha value is -15.3. The molecule has 11 aromatic carbocycles. The van der Waals surface area contributed by atoms with Crippen LogP contribution in [-0.4, -0.2) is 175 Å². The number of amidine groups is 1. The Morgan fingerprint density at radius 1 is 0.399 bits per heavy atom. The number of nitrogens with one attached hydrogen (secondary N) is 2. The summed E-state index contributed by atoms with van der Waals surface area (Å²) in [6.07, 6.45) is 6.94. The number of hydrogen-bond donors (Lipinski definition) is 8. The SMILES string of the molecule is C.CC(=N)N.COC(=O)c1cc(Br)c(N)c(Br)c1C.COC(=O)c1cc(OC)c(N)c(Br)c1C.COC(=O)c1cc2cnc(C)nc2c(-c2ccccc2)c1C.COC(=O)c1cc2cnc(C)nc2c(-c2ccccc2)c1C.COC(=O)c1cc2cnc(C)nc2c(Br)c1C.COC(=O)c1ccc(N)cc1C.Cc1ncc2cc(C(=O)Nc3nnnn3C)c(C)c(-c3ccccc3)c2n1.OB(O)c1ccccc1. The number of carbonyl (C=O) groups excluding carboxylic acids is 7. The first-order valence-corrected chi connectivity index (χ1v) is 46.1. The first-order valence-electron chi connectivity index (χ1n) is 42.9. The fourth-order valence-electron chi connectivity index (χ4n) is 13.9. The number of tetrazole rings is 1. The van der Waals surface area contributed by atoms with Gasteiger partial charge in [-0.25, -0.2) is 73.3 Å². The lowest BCUT2D eigenvalue weighted by atomic mass is 9.81. The molecule has 0 radical (unpaired) electrons. The number of halogens is 4. The minimum atomic E-state index is -1.34. The van der Waals surface area contributed by atoms with Gasteiger partial charge in [0.15, 0.2) is 0 Å². The van der Waals surface area contributed by atoms with Gasteiger partial charge in [0.05, 0.1) is 122 Å². The van der Waals surface area contributed by atoms with Gasteiger partial charge in [-0.05, 0) is 273 Å². The molecule has 0 bridgehead atoms. The molecule has 16 aromatic rings. The minimum Gasteiger partial charge on any atom is -0.495 e. The van der Waals surface area contributed by atoms with Gasteiger partial charge in [-0.15, -0.1) is 0 Å². The fraction of sp³-hybridized carbons (Fsp3) is 0.202. The van der Waals surface area contributed by atoms with Crippen LogP contribution in [0.4, 0.5) is 23.0 Å². The highest BCUT2D eigenvalue weighted by Crippen LogP contribution is 2.40. The van der Waals surface area contributed by atoms with Crippen molar-refractivity contribution in [3.63, 3.8) is 0 Å². The largest absolute Gasteiger partial charge is 0.495 e. The molecule has 12 N–H and O–H groups in total. The molecule has 0 aliphatic rings. The highest BCUT2D eigenvalue weighted by Gasteiger charge is 2.26. The molecule has 39 heteroatoms. The van der Waals surface area contributed by atoms with E-state index in [9.17, 15) is 33.6 Å². The summed E-state index contributed by atoms with van der Waals surface area (Å²) >= 11 is 13.4. The number of aryl methyl sites for hydroxylation is 6. The second-order valence-electron chi connectivity index (χ2n) is 31.0. The number of amides is 1.